The molecule has 0 heterocycles. The SMILES string of the molecule is COc1ccccc1PC1(C)CCCCC1.F[B-](F)(F)F.F[B-](F)(F)F.F[B-](F)(F)F.[Rh+3]. The molecular formula is C14H21B3F12OPRh. The van der Waals surface area contributed by atoms with Crippen molar-refractivity contribution in [2.24, 2.45) is 0 Å². The van der Waals surface area contributed by atoms with Crippen molar-refractivity contribution in [2.75, 3.05) is 7.11 Å². The predicted octanol–water partition coefficient (Wildman–Crippen LogP) is 7.62. The zero-order valence-corrected chi connectivity index (χ0v) is 19.5. The van der Waals surface area contributed by atoms with Gasteiger partial charge in [-0.05, 0) is 24.1 Å². The molecule has 1 atom stereocenters. The van der Waals surface area contributed by atoms with E-state index in [1.807, 2.05) is 0 Å². The van der Waals surface area contributed by atoms with Gasteiger partial charge in [0.2, 0.25) is 0 Å². The summed E-state index contributed by atoms with van der Waals surface area (Å²) >= 11 is 0. The number of methoxy groups -OCH3 is 1. The van der Waals surface area contributed by atoms with Crippen molar-refractivity contribution in [3.63, 3.8) is 0 Å². The summed E-state index contributed by atoms with van der Waals surface area (Å²) in [4.78, 5) is 0. The number of ether oxygens (including phenoxy) is 1. The predicted molar refractivity (Wildman–Crippen MR) is 103 cm³/mol. The first-order valence-electron chi connectivity index (χ1n) is 8.77. The van der Waals surface area contributed by atoms with E-state index in [4.69, 9.17) is 4.74 Å². The van der Waals surface area contributed by atoms with Gasteiger partial charge in [0, 0.05) is 5.30 Å². The van der Waals surface area contributed by atoms with Gasteiger partial charge in [-0.3, -0.25) is 0 Å². The quantitative estimate of drug-likeness (QED) is 0.197. The van der Waals surface area contributed by atoms with Gasteiger partial charge in [-0.15, -0.1) is 0 Å². The molecule has 1 aliphatic carbocycles. The second-order valence-electron chi connectivity index (χ2n) is 6.43. The van der Waals surface area contributed by atoms with Crippen LogP contribution in [-0.4, -0.2) is 34.0 Å². The van der Waals surface area contributed by atoms with Crippen molar-refractivity contribution in [1.82, 2.24) is 0 Å². The molecule has 0 bridgehead atoms. The van der Waals surface area contributed by atoms with E-state index in [1.54, 1.807) is 7.11 Å². The third-order valence-corrected chi connectivity index (χ3v) is 5.29. The van der Waals surface area contributed by atoms with Crippen LogP contribution < -0.4 is 10.0 Å². The van der Waals surface area contributed by atoms with Gasteiger partial charge in [0.05, 0.1) is 7.11 Å². The van der Waals surface area contributed by atoms with Gasteiger partial charge in [0.25, 0.3) is 0 Å². The Hall–Kier alpha value is -0.572. The summed E-state index contributed by atoms with van der Waals surface area (Å²) in [5, 5.41) is 1.92. The summed E-state index contributed by atoms with van der Waals surface area (Å²) in [6, 6.07) is 8.47. The maximum Gasteiger partial charge on any atom is 3.00 e. The number of halogens is 12. The molecule has 0 radical (unpaired) electrons. The Morgan fingerprint density at radius 1 is 0.719 bits per heavy atom. The number of para-hydroxylation sites is 1. The Kier molecular flexibility index (Phi) is 18.1. The Morgan fingerprint density at radius 2 is 1.06 bits per heavy atom. The largest absolute Gasteiger partial charge is 3.00 e. The van der Waals surface area contributed by atoms with Crippen molar-refractivity contribution in [1.29, 1.82) is 0 Å². The van der Waals surface area contributed by atoms with E-state index in [-0.39, 0.29) is 19.5 Å². The molecule has 2 rings (SSSR count). The van der Waals surface area contributed by atoms with Crippen LogP contribution in [0.5, 0.6) is 5.75 Å². The molecule has 0 N–H and O–H groups in total. The number of rotatable bonds is 3. The van der Waals surface area contributed by atoms with Crippen molar-refractivity contribution in [2.45, 2.75) is 44.2 Å². The third kappa shape index (κ3) is 31.6. The molecule has 1 aliphatic rings. The molecule has 32 heavy (non-hydrogen) atoms. The maximum absolute atomic E-state index is 9.75. The second kappa shape index (κ2) is 16.1. The van der Waals surface area contributed by atoms with Crippen molar-refractivity contribution >= 4 is 35.6 Å². The summed E-state index contributed by atoms with van der Waals surface area (Å²) in [6.07, 6.45) is 6.98. The summed E-state index contributed by atoms with van der Waals surface area (Å²) < 4.78 is 122. The van der Waals surface area contributed by atoms with Gasteiger partial charge in [-0.2, -0.15) is 0 Å². The van der Waals surface area contributed by atoms with Crippen LogP contribution in [-0.2, 0) is 19.5 Å². The Labute approximate surface area is 193 Å². The average molecular weight is 600 g/mol. The molecule has 0 aliphatic heterocycles. The van der Waals surface area contributed by atoms with E-state index in [1.165, 1.54) is 37.4 Å². The van der Waals surface area contributed by atoms with Crippen LogP contribution >= 0.6 is 8.58 Å². The normalized spacial score (nSPS) is 15.7. The van der Waals surface area contributed by atoms with Crippen LogP contribution in [0.25, 0.3) is 0 Å². The number of benzene rings is 1. The van der Waals surface area contributed by atoms with Crippen molar-refractivity contribution < 1.29 is 76.0 Å². The first-order chi connectivity index (χ1) is 13.7. The van der Waals surface area contributed by atoms with Gasteiger partial charge in [-0.1, -0.05) is 53.0 Å². The number of hydrogen-bond donors (Lipinski definition) is 0. The molecule has 18 heteroatoms. The van der Waals surface area contributed by atoms with Crippen LogP contribution in [0.15, 0.2) is 24.3 Å². The van der Waals surface area contributed by atoms with E-state index in [2.05, 4.69) is 31.2 Å². The molecular weight excluding hydrogens is 578 g/mol. The van der Waals surface area contributed by atoms with Crippen LogP contribution in [0.2, 0.25) is 0 Å². The molecule has 0 spiro atoms. The number of hydrogen-bond acceptors (Lipinski definition) is 1. The van der Waals surface area contributed by atoms with E-state index < -0.39 is 21.8 Å². The minimum atomic E-state index is -6.00. The average Bonchev–Trinajstić information content (AvgIpc) is 2.51. The molecule has 0 amide bonds. The second-order valence-corrected chi connectivity index (χ2v) is 8.43. The van der Waals surface area contributed by atoms with E-state index in [0.29, 0.717) is 5.16 Å². The van der Waals surface area contributed by atoms with Crippen LogP contribution in [0.3, 0.4) is 0 Å². The van der Waals surface area contributed by atoms with Crippen LogP contribution in [0, 0.1) is 0 Å². The van der Waals surface area contributed by atoms with Gasteiger partial charge in [0.1, 0.15) is 5.75 Å². The summed E-state index contributed by atoms with van der Waals surface area (Å²) in [6.45, 7) is 2.44. The molecule has 0 aromatic heterocycles. The maximum atomic E-state index is 9.75. The van der Waals surface area contributed by atoms with Gasteiger partial charge in [0.15, 0.2) is 0 Å². The Balaban J connectivity index is -0.000000437. The first kappa shape index (κ1) is 36.0. The van der Waals surface area contributed by atoms with Crippen LogP contribution in [0.1, 0.15) is 39.0 Å². The van der Waals surface area contributed by atoms with Crippen molar-refractivity contribution in [3.8, 4) is 5.75 Å². The Bertz CT molecular complexity index is 563. The third-order valence-electron chi connectivity index (χ3n) is 3.50. The minimum Gasteiger partial charge on any atom is -0.496 e. The van der Waals surface area contributed by atoms with Gasteiger partial charge < -0.3 is 56.5 Å². The fourth-order valence-corrected chi connectivity index (χ4v) is 4.27. The molecule has 1 aromatic rings. The molecule has 1 aromatic carbocycles. The topological polar surface area (TPSA) is 9.23 Å². The van der Waals surface area contributed by atoms with Gasteiger partial charge in [-0.25, -0.2) is 0 Å². The van der Waals surface area contributed by atoms with E-state index in [0.717, 1.165) is 14.3 Å². The molecule has 1 nitrogen and oxygen atoms in total. The molecule has 1 unspecified atom stereocenters. The standard InChI is InChI=1S/C14H21OP.3BF4.Rh/c1-14(10-6-3-7-11-14)16-13-9-5-4-8-12(13)15-2;3*2-1(3,4)5;/h4-5,8-9,16H,3,6-7,10-11H2,1-2H3;;;;/q;3*-1;+3. The molecule has 0 saturated heterocycles. The smallest absolute Gasteiger partial charge is 0.496 e. The zero-order valence-electron chi connectivity index (χ0n) is 16.9. The summed E-state index contributed by atoms with van der Waals surface area (Å²) in [7, 11) is -15.3. The molecule has 190 valence electrons. The van der Waals surface area contributed by atoms with E-state index in [9.17, 15) is 51.8 Å². The zero-order chi connectivity index (χ0) is 24.9. The van der Waals surface area contributed by atoms with Crippen LogP contribution in [0.4, 0.5) is 51.8 Å². The molecule has 1 saturated carbocycles. The van der Waals surface area contributed by atoms with Crippen molar-refractivity contribution in [3.05, 3.63) is 24.3 Å². The van der Waals surface area contributed by atoms with E-state index >= 15 is 0 Å². The fraction of sp³-hybridized carbons (Fsp3) is 0.571. The van der Waals surface area contributed by atoms with Gasteiger partial charge >= 0.3 is 41.2 Å². The fourth-order valence-electron chi connectivity index (χ4n) is 2.53. The monoisotopic (exact) mass is 600 g/mol. The summed E-state index contributed by atoms with van der Waals surface area (Å²) in [5.41, 5.74) is 0. The Morgan fingerprint density at radius 3 is 1.41 bits per heavy atom. The minimum absolute atomic E-state index is 0. The summed E-state index contributed by atoms with van der Waals surface area (Å²) in [5.74, 6) is 1.06. The molecule has 1 fully saturated rings. The first-order valence-corrected chi connectivity index (χ1v) is 9.77.